The first-order valence-electron chi connectivity index (χ1n) is 12.8. The zero-order chi connectivity index (χ0) is 26.7. The molecule has 0 radical (unpaired) electrons. The van der Waals surface area contributed by atoms with Crippen molar-refractivity contribution in [2.75, 3.05) is 45.1 Å². The van der Waals surface area contributed by atoms with Crippen molar-refractivity contribution in [3.8, 4) is 5.69 Å². The highest BCUT2D eigenvalue weighted by Crippen LogP contribution is 2.26. The summed E-state index contributed by atoms with van der Waals surface area (Å²) in [6, 6.07) is 9.41. The van der Waals surface area contributed by atoms with Crippen molar-refractivity contribution < 1.29 is 9.59 Å². The maximum Gasteiger partial charge on any atom is 0.354 e. The van der Waals surface area contributed by atoms with E-state index in [1.807, 2.05) is 24.3 Å². The molecule has 0 unspecified atom stereocenters. The van der Waals surface area contributed by atoms with Crippen LogP contribution in [0.2, 0.25) is 0 Å². The summed E-state index contributed by atoms with van der Waals surface area (Å²) in [5.74, 6) is 0.721. The van der Waals surface area contributed by atoms with Gasteiger partial charge in [-0.05, 0) is 63.4 Å². The summed E-state index contributed by atoms with van der Waals surface area (Å²) in [5.41, 5.74) is 12.2. The lowest BCUT2D eigenvalue weighted by molar-refractivity contribution is -0.137. The second kappa shape index (κ2) is 11.0. The molecule has 0 spiro atoms. The Bertz CT molecular complexity index is 1160. The van der Waals surface area contributed by atoms with Crippen molar-refractivity contribution in [3.05, 3.63) is 52.6 Å². The quantitative estimate of drug-likeness (QED) is 0.500. The number of anilines is 1. The summed E-state index contributed by atoms with van der Waals surface area (Å²) >= 11 is 0. The van der Waals surface area contributed by atoms with E-state index in [1.165, 1.54) is 4.57 Å². The standard InChI is InChI=1S/C26H38N8O3/c1-26(2,28)23(35)32-10-12-33(13-11-32)24(36)29-22-8-9-34(25(37)30-22)21-6-4-18(5-7-21)16-31(3)17-19-14-20(27)15-19/h4-9,19-20H,10-17,27-28H2,1-3H3,(H,29,30,36,37)/t19-,20+. The SMILES string of the molecule is CN(Cc1ccc(-n2ccc(NC(=O)N3CCN(C(=O)C(C)(C)N)CC3)nc2=O)cc1)C[C@H]1C[C@@H](N)C1. The van der Waals surface area contributed by atoms with Gasteiger partial charge in [0.25, 0.3) is 0 Å². The Hall–Kier alpha value is -3.28. The van der Waals surface area contributed by atoms with Crippen LogP contribution < -0.4 is 22.5 Å². The van der Waals surface area contributed by atoms with Gasteiger partial charge in [-0.15, -0.1) is 0 Å². The molecule has 1 aromatic carbocycles. The van der Waals surface area contributed by atoms with E-state index in [4.69, 9.17) is 11.5 Å². The molecular weight excluding hydrogens is 472 g/mol. The highest BCUT2D eigenvalue weighted by molar-refractivity contribution is 5.89. The molecule has 1 aromatic heterocycles. The van der Waals surface area contributed by atoms with Crippen LogP contribution in [0.15, 0.2) is 41.3 Å². The molecule has 3 amide bonds. The Kier molecular flexibility index (Phi) is 7.96. The van der Waals surface area contributed by atoms with Crippen LogP contribution in [0, 0.1) is 5.92 Å². The zero-order valence-electron chi connectivity index (χ0n) is 21.9. The number of nitrogens with one attached hydrogen (secondary N) is 1. The number of nitrogens with two attached hydrogens (primary N) is 2. The number of amides is 3. The topological polar surface area (TPSA) is 143 Å². The highest BCUT2D eigenvalue weighted by Gasteiger charge is 2.31. The third-order valence-electron chi connectivity index (χ3n) is 6.95. The highest BCUT2D eigenvalue weighted by atomic mass is 16.2. The fourth-order valence-electron chi connectivity index (χ4n) is 4.89. The first-order valence-corrected chi connectivity index (χ1v) is 12.8. The molecule has 200 valence electrons. The van der Waals surface area contributed by atoms with Gasteiger partial charge in [0.1, 0.15) is 5.82 Å². The van der Waals surface area contributed by atoms with Gasteiger partial charge in [0.15, 0.2) is 0 Å². The maximum absolute atomic E-state index is 12.7. The van der Waals surface area contributed by atoms with E-state index in [2.05, 4.69) is 22.2 Å². The summed E-state index contributed by atoms with van der Waals surface area (Å²) < 4.78 is 1.44. The van der Waals surface area contributed by atoms with Gasteiger partial charge >= 0.3 is 11.7 Å². The summed E-state index contributed by atoms with van der Waals surface area (Å²) in [6.07, 6.45) is 3.80. The molecule has 5 N–H and O–H groups in total. The number of rotatable bonds is 7. The predicted molar refractivity (Wildman–Crippen MR) is 142 cm³/mol. The fraction of sp³-hybridized carbons (Fsp3) is 0.538. The van der Waals surface area contributed by atoms with Crippen molar-refractivity contribution in [1.29, 1.82) is 0 Å². The van der Waals surface area contributed by atoms with E-state index in [-0.39, 0.29) is 17.8 Å². The molecule has 37 heavy (non-hydrogen) atoms. The largest absolute Gasteiger partial charge is 0.354 e. The number of hydrogen-bond acceptors (Lipinski definition) is 7. The van der Waals surface area contributed by atoms with E-state index in [9.17, 15) is 14.4 Å². The molecular formula is C26H38N8O3. The van der Waals surface area contributed by atoms with E-state index < -0.39 is 11.2 Å². The fourth-order valence-corrected chi connectivity index (χ4v) is 4.89. The van der Waals surface area contributed by atoms with Gasteiger partial charge in [0.05, 0.1) is 11.2 Å². The summed E-state index contributed by atoms with van der Waals surface area (Å²) in [5, 5.41) is 2.68. The van der Waals surface area contributed by atoms with Crippen LogP contribution in [0.25, 0.3) is 5.69 Å². The smallest absolute Gasteiger partial charge is 0.338 e. The number of hydrogen-bond donors (Lipinski definition) is 3. The van der Waals surface area contributed by atoms with Crippen LogP contribution in [-0.2, 0) is 11.3 Å². The lowest BCUT2D eigenvalue weighted by Gasteiger charge is -2.37. The number of nitrogens with zero attached hydrogens (tertiary/aromatic N) is 5. The Balaban J connectivity index is 1.30. The number of carbonyl (C=O) groups excluding carboxylic acids is 2. The van der Waals surface area contributed by atoms with Gasteiger partial charge < -0.3 is 26.2 Å². The summed E-state index contributed by atoms with van der Waals surface area (Å²) in [6.45, 7) is 6.76. The van der Waals surface area contributed by atoms with Gasteiger partial charge in [0, 0.05) is 51.5 Å². The van der Waals surface area contributed by atoms with Crippen molar-refractivity contribution in [2.45, 2.75) is 44.8 Å². The Morgan fingerprint density at radius 2 is 1.70 bits per heavy atom. The molecule has 2 fully saturated rings. The molecule has 1 saturated heterocycles. The Morgan fingerprint density at radius 3 is 2.27 bits per heavy atom. The van der Waals surface area contributed by atoms with E-state index >= 15 is 0 Å². The van der Waals surface area contributed by atoms with Crippen LogP contribution in [-0.4, -0.2) is 87.5 Å². The minimum Gasteiger partial charge on any atom is -0.338 e. The van der Waals surface area contributed by atoms with Gasteiger partial charge in [-0.2, -0.15) is 4.98 Å². The van der Waals surface area contributed by atoms with Gasteiger partial charge in [0.2, 0.25) is 5.91 Å². The van der Waals surface area contributed by atoms with Crippen LogP contribution in [0.5, 0.6) is 0 Å². The van der Waals surface area contributed by atoms with E-state index in [0.717, 1.165) is 31.5 Å². The lowest BCUT2D eigenvalue weighted by atomic mass is 9.80. The van der Waals surface area contributed by atoms with Crippen molar-refractivity contribution >= 4 is 17.8 Å². The van der Waals surface area contributed by atoms with E-state index in [1.54, 1.807) is 35.9 Å². The first kappa shape index (κ1) is 26.8. The molecule has 4 rings (SSSR count). The minimum absolute atomic E-state index is 0.142. The molecule has 11 nitrogen and oxygen atoms in total. The number of carbonyl (C=O) groups is 2. The first-order chi connectivity index (χ1) is 17.5. The molecule has 2 heterocycles. The van der Waals surface area contributed by atoms with Gasteiger partial charge in [-0.3, -0.25) is 14.7 Å². The average molecular weight is 511 g/mol. The summed E-state index contributed by atoms with van der Waals surface area (Å²) in [7, 11) is 2.11. The third-order valence-corrected chi connectivity index (χ3v) is 6.95. The lowest BCUT2D eigenvalue weighted by Crippen LogP contribution is -2.58. The monoisotopic (exact) mass is 510 g/mol. The van der Waals surface area contributed by atoms with Crippen LogP contribution in [0.3, 0.4) is 0 Å². The predicted octanol–water partition coefficient (Wildman–Crippen LogP) is 0.815. The molecule has 1 saturated carbocycles. The normalized spacial score (nSPS) is 20.1. The van der Waals surface area contributed by atoms with E-state index in [0.29, 0.717) is 43.8 Å². The van der Waals surface area contributed by atoms with Crippen LogP contribution >= 0.6 is 0 Å². The zero-order valence-corrected chi connectivity index (χ0v) is 21.9. The maximum atomic E-state index is 12.7. The average Bonchev–Trinajstić information content (AvgIpc) is 2.83. The van der Waals surface area contributed by atoms with Gasteiger partial charge in [-0.1, -0.05) is 12.1 Å². The molecule has 2 aliphatic rings. The van der Waals surface area contributed by atoms with Crippen molar-refractivity contribution in [3.63, 3.8) is 0 Å². The second-order valence-corrected chi connectivity index (χ2v) is 10.9. The third kappa shape index (κ3) is 6.73. The molecule has 2 aromatic rings. The number of aromatic nitrogens is 2. The molecule has 0 atom stereocenters. The number of urea groups is 1. The van der Waals surface area contributed by atoms with Crippen molar-refractivity contribution in [2.24, 2.45) is 17.4 Å². The molecule has 0 bridgehead atoms. The Labute approximate surface area is 217 Å². The number of benzene rings is 1. The van der Waals surface area contributed by atoms with Crippen molar-refractivity contribution in [1.82, 2.24) is 24.3 Å². The summed E-state index contributed by atoms with van der Waals surface area (Å²) in [4.78, 5) is 47.3. The van der Waals surface area contributed by atoms with Gasteiger partial charge in [-0.25, -0.2) is 9.59 Å². The number of piperazine rings is 1. The van der Waals surface area contributed by atoms with Crippen LogP contribution in [0.4, 0.5) is 10.6 Å². The molecule has 11 heteroatoms. The second-order valence-electron chi connectivity index (χ2n) is 10.9. The molecule has 1 aliphatic heterocycles. The minimum atomic E-state index is -0.945. The molecule has 1 aliphatic carbocycles. The Morgan fingerprint density at radius 1 is 1.08 bits per heavy atom. The van der Waals surface area contributed by atoms with Crippen LogP contribution in [0.1, 0.15) is 32.3 Å².